The first-order chi connectivity index (χ1) is 7.33. The van der Waals surface area contributed by atoms with Crippen LogP contribution in [0.3, 0.4) is 0 Å². The van der Waals surface area contributed by atoms with E-state index in [1.54, 1.807) is 6.92 Å². The second-order valence-electron chi connectivity index (χ2n) is 3.64. The Morgan fingerprint density at radius 2 is 1.12 bits per heavy atom. The Kier molecular flexibility index (Phi) is 5.36. The van der Waals surface area contributed by atoms with E-state index in [2.05, 4.69) is 9.47 Å². The molecule has 104 valence electrons. The van der Waals surface area contributed by atoms with Crippen LogP contribution in [0, 0.1) is 0 Å². The van der Waals surface area contributed by atoms with Crippen molar-refractivity contribution in [2.45, 2.75) is 43.7 Å². The zero-order chi connectivity index (χ0) is 14.1. The van der Waals surface area contributed by atoms with E-state index in [0.717, 1.165) is 0 Å². The summed E-state index contributed by atoms with van der Waals surface area (Å²) < 4.78 is 61.3. The summed E-state index contributed by atoms with van der Waals surface area (Å²) in [4.78, 5) is 0. The van der Waals surface area contributed by atoms with Gasteiger partial charge in [-0.15, -0.1) is 0 Å². The lowest BCUT2D eigenvalue weighted by atomic mass is 10.2. The fraction of sp³-hybridized carbons (Fsp3) is 1.00. The van der Waals surface area contributed by atoms with E-state index >= 15 is 0 Å². The molecule has 1 saturated heterocycles. The van der Waals surface area contributed by atoms with E-state index < -0.39 is 22.9 Å². The van der Waals surface area contributed by atoms with Crippen LogP contribution in [0.15, 0.2) is 0 Å². The molecule has 1 heterocycles. The maximum atomic E-state index is 13.3. The number of hydrogen-bond donors (Lipinski definition) is 1. The van der Waals surface area contributed by atoms with Crippen molar-refractivity contribution < 1.29 is 32.1 Å². The van der Waals surface area contributed by atoms with Gasteiger partial charge in [0, 0.05) is 20.5 Å². The second-order valence-corrected chi connectivity index (χ2v) is 5.13. The minimum Gasteiger partial charge on any atom is -0.397 e. The molecule has 1 aliphatic rings. The molecule has 9 heteroatoms. The molecular weight excluding hydrogens is 282 g/mol. The van der Waals surface area contributed by atoms with E-state index in [4.69, 9.17) is 5.11 Å². The number of alkyl halides is 4. The molecule has 0 saturated carbocycles. The number of aliphatic hydroxyl groups is 1. The zero-order valence-electron chi connectivity index (χ0n) is 9.64. The summed E-state index contributed by atoms with van der Waals surface area (Å²) in [6.07, 6.45) is 0. The van der Waals surface area contributed by atoms with E-state index in [-0.39, 0.29) is 6.61 Å². The number of ether oxygens (including phenoxy) is 2. The lowest BCUT2D eigenvalue weighted by molar-refractivity contribution is -0.450. The maximum absolute atomic E-state index is 13.3. The third kappa shape index (κ3) is 3.71. The van der Waals surface area contributed by atoms with E-state index in [1.807, 2.05) is 0 Å². The zero-order valence-corrected chi connectivity index (χ0v) is 11.9. The van der Waals surface area contributed by atoms with Crippen molar-refractivity contribution in [2.75, 3.05) is 6.61 Å². The largest absolute Gasteiger partial charge is 0.397 e. The normalized spacial score (nSPS) is 50.5. The van der Waals surface area contributed by atoms with Gasteiger partial charge in [0.25, 0.3) is 22.9 Å². The van der Waals surface area contributed by atoms with Crippen molar-refractivity contribution in [3.05, 3.63) is 0 Å². The molecule has 0 bridgehead atoms. The molecule has 0 radical (unpaired) electrons. The summed E-state index contributed by atoms with van der Waals surface area (Å²) in [5, 5.41) is 7.57. The first kappa shape index (κ1) is 17.5. The molecule has 0 spiro atoms. The number of aliphatic hydroxyl groups excluding tert-OH is 1. The van der Waals surface area contributed by atoms with E-state index in [1.165, 1.54) is 18.5 Å². The minimum atomic E-state index is -3.14. The van der Waals surface area contributed by atoms with E-state index in [0.29, 0.717) is 13.8 Å². The SMILES string of the molecule is CC1(F)OC(F)(P)C(C)(F)OC1(F)P.CCO. The summed E-state index contributed by atoms with van der Waals surface area (Å²) >= 11 is 0. The molecule has 6 unspecified atom stereocenters. The average molecular weight is 298 g/mol. The molecular formula is C8H16F4O3P2. The van der Waals surface area contributed by atoms with Crippen molar-refractivity contribution in [1.29, 1.82) is 0 Å². The molecule has 0 aromatic rings. The van der Waals surface area contributed by atoms with Crippen LogP contribution in [0.5, 0.6) is 0 Å². The van der Waals surface area contributed by atoms with Crippen molar-refractivity contribution in [1.82, 2.24) is 0 Å². The second kappa shape index (κ2) is 5.22. The van der Waals surface area contributed by atoms with Gasteiger partial charge in [0.05, 0.1) is 0 Å². The lowest BCUT2D eigenvalue weighted by Gasteiger charge is -2.48. The molecule has 0 aromatic carbocycles. The van der Waals surface area contributed by atoms with Crippen LogP contribution < -0.4 is 0 Å². The third-order valence-corrected chi connectivity index (χ3v) is 3.17. The Bertz CT molecular complexity index is 221. The molecule has 17 heavy (non-hydrogen) atoms. The molecule has 6 atom stereocenters. The highest BCUT2D eigenvalue weighted by atomic mass is 31.0. The summed E-state index contributed by atoms with van der Waals surface area (Å²) in [5.74, 6) is -6.19. The Labute approximate surface area is 102 Å². The van der Waals surface area contributed by atoms with Crippen LogP contribution in [0.2, 0.25) is 0 Å². The van der Waals surface area contributed by atoms with Crippen molar-refractivity contribution >= 4 is 18.5 Å². The highest BCUT2D eigenvalue weighted by molar-refractivity contribution is 7.19. The summed E-state index contributed by atoms with van der Waals surface area (Å²) in [6.45, 7) is 3.14. The molecule has 0 amide bonds. The van der Waals surface area contributed by atoms with Crippen LogP contribution >= 0.6 is 18.5 Å². The predicted molar refractivity (Wildman–Crippen MR) is 61.1 cm³/mol. The monoisotopic (exact) mass is 298 g/mol. The van der Waals surface area contributed by atoms with Crippen LogP contribution in [0.1, 0.15) is 20.8 Å². The van der Waals surface area contributed by atoms with Gasteiger partial charge in [0.2, 0.25) is 0 Å². The number of halogens is 4. The Morgan fingerprint density at radius 1 is 0.941 bits per heavy atom. The molecule has 0 aliphatic carbocycles. The summed E-state index contributed by atoms with van der Waals surface area (Å²) in [7, 11) is 2.60. The molecule has 3 nitrogen and oxygen atoms in total. The lowest BCUT2D eigenvalue weighted by Crippen LogP contribution is -2.63. The molecule has 0 aromatic heterocycles. The number of hydrogen-bond acceptors (Lipinski definition) is 3. The van der Waals surface area contributed by atoms with Gasteiger partial charge in [-0.3, -0.25) is 9.47 Å². The smallest absolute Gasteiger partial charge is 0.282 e. The standard InChI is InChI=1S/C6H10F4O2P2.C2H6O/c1-3(7)5(9,13)12-4(2,8)6(10,14)11-3;1-2-3/h13-14H2,1-2H3;3H,2H2,1H3. The molecule has 1 fully saturated rings. The van der Waals surface area contributed by atoms with Gasteiger partial charge in [-0.1, -0.05) is 18.5 Å². The summed E-state index contributed by atoms with van der Waals surface area (Å²) in [5.41, 5.74) is -6.27. The Balaban J connectivity index is 0.000000770. The van der Waals surface area contributed by atoms with Crippen LogP contribution in [0.4, 0.5) is 17.6 Å². The van der Waals surface area contributed by atoms with Crippen molar-refractivity contribution in [3.8, 4) is 0 Å². The molecule has 1 N–H and O–H groups in total. The first-order valence-corrected chi connectivity index (χ1v) is 5.83. The predicted octanol–water partition coefficient (Wildman–Crippen LogP) is 2.40. The van der Waals surface area contributed by atoms with Gasteiger partial charge in [-0.2, -0.15) is 0 Å². The van der Waals surface area contributed by atoms with Crippen molar-refractivity contribution in [3.63, 3.8) is 0 Å². The van der Waals surface area contributed by atoms with Gasteiger partial charge in [-0.05, 0) is 6.92 Å². The van der Waals surface area contributed by atoms with Gasteiger partial charge in [0.1, 0.15) is 0 Å². The van der Waals surface area contributed by atoms with Gasteiger partial charge < -0.3 is 5.11 Å². The highest BCUT2D eigenvalue weighted by Gasteiger charge is 2.68. The average Bonchev–Trinajstić information content (AvgIpc) is 1.98. The van der Waals surface area contributed by atoms with Crippen LogP contribution in [-0.4, -0.2) is 34.6 Å². The van der Waals surface area contributed by atoms with Gasteiger partial charge in [-0.25, -0.2) is 17.6 Å². The third-order valence-electron chi connectivity index (χ3n) is 1.90. The highest BCUT2D eigenvalue weighted by Crippen LogP contribution is 2.55. The maximum Gasteiger partial charge on any atom is 0.282 e. The molecule has 1 aliphatic heterocycles. The Hall–Kier alpha value is 0.460. The fourth-order valence-corrected chi connectivity index (χ4v) is 1.44. The van der Waals surface area contributed by atoms with Crippen LogP contribution in [-0.2, 0) is 9.47 Å². The topological polar surface area (TPSA) is 38.7 Å². The Morgan fingerprint density at radius 3 is 1.29 bits per heavy atom. The van der Waals surface area contributed by atoms with Gasteiger partial charge in [0.15, 0.2) is 0 Å². The quantitative estimate of drug-likeness (QED) is 0.551. The van der Waals surface area contributed by atoms with Crippen molar-refractivity contribution in [2.24, 2.45) is 0 Å². The fourth-order valence-electron chi connectivity index (χ4n) is 0.879. The minimum absolute atomic E-state index is 0.250. The number of rotatable bonds is 0. The molecule has 1 rings (SSSR count). The van der Waals surface area contributed by atoms with E-state index in [9.17, 15) is 17.6 Å². The summed E-state index contributed by atoms with van der Waals surface area (Å²) in [6, 6.07) is 0. The first-order valence-electron chi connectivity index (χ1n) is 4.67. The van der Waals surface area contributed by atoms with Gasteiger partial charge >= 0.3 is 0 Å². The van der Waals surface area contributed by atoms with Crippen LogP contribution in [0.25, 0.3) is 0 Å².